The molecule has 0 aromatic heterocycles. The van der Waals surface area contributed by atoms with Crippen LogP contribution >= 0.6 is 0 Å². The molecule has 0 unspecified atom stereocenters. The smallest absolute Gasteiger partial charge is 0.236 e. The number of anilines is 1. The van der Waals surface area contributed by atoms with Gasteiger partial charge >= 0.3 is 0 Å². The van der Waals surface area contributed by atoms with Crippen LogP contribution in [0.5, 0.6) is 11.5 Å². The van der Waals surface area contributed by atoms with E-state index in [9.17, 15) is 9.90 Å². The van der Waals surface area contributed by atoms with Gasteiger partial charge in [-0.05, 0) is 18.2 Å². The molecule has 144 valence electrons. The van der Waals surface area contributed by atoms with Gasteiger partial charge in [0, 0.05) is 45.3 Å². The lowest BCUT2D eigenvalue weighted by atomic mass is 10.2. The van der Waals surface area contributed by atoms with E-state index in [0.717, 1.165) is 43.2 Å². The lowest BCUT2D eigenvalue weighted by Gasteiger charge is -2.36. The number of aromatic hydroxyl groups is 1. The predicted molar refractivity (Wildman–Crippen MR) is 106 cm³/mol. The minimum absolute atomic E-state index is 0.0944. The van der Waals surface area contributed by atoms with E-state index < -0.39 is 0 Å². The van der Waals surface area contributed by atoms with E-state index in [0.29, 0.717) is 18.8 Å². The van der Waals surface area contributed by atoms with Gasteiger partial charge in [-0.1, -0.05) is 30.3 Å². The van der Waals surface area contributed by atoms with Crippen LogP contribution < -0.4 is 9.64 Å². The molecule has 0 bridgehead atoms. The lowest BCUT2D eigenvalue weighted by Crippen LogP contribution is -2.49. The fraction of sp³-hybridized carbons (Fsp3) is 0.381. The quantitative estimate of drug-likeness (QED) is 0.846. The first-order chi connectivity index (χ1) is 13.1. The Morgan fingerprint density at radius 3 is 2.44 bits per heavy atom. The summed E-state index contributed by atoms with van der Waals surface area (Å²) < 4.78 is 5.37. The molecule has 0 aliphatic carbocycles. The summed E-state index contributed by atoms with van der Waals surface area (Å²) >= 11 is 0. The SMILES string of the molecule is COc1ccccc1CN(C)C(=O)CN1CCN(c2ccccc2O)CC1. The van der Waals surface area contributed by atoms with Crippen LogP contribution in [0, 0.1) is 0 Å². The summed E-state index contributed by atoms with van der Waals surface area (Å²) in [5.41, 5.74) is 1.86. The fourth-order valence-electron chi connectivity index (χ4n) is 3.37. The number of phenols is 1. The summed E-state index contributed by atoms with van der Waals surface area (Å²) in [6, 6.07) is 15.2. The number of para-hydroxylation sites is 3. The number of likely N-dealkylation sites (N-methyl/N-ethyl adjacent to an activating group) is 1. The molecule has 1 aliphatic heterocycles. The molecule has 0 spiro atoms. The van der Waals surface area contributed by atoms with Crippen molar-refractivity contribution in [1.82, 2.24) is 9.80 Å². The van der Waals surface area contributed by atoms with Crippen molar-refractivity contribution in [2.45, 2.75) is 6.54 Å². The average Bonchev–Trinajstić information content (AvgIpc) is 2.69. The predicted octanol–water partition coefficient (Wildman–Crippen LogP) is 2.18. The Bertz CT molecular complexity index is 773. The summed E-state index contributed by atoms with van der Waals surface area (Å²) in [7, 11) is 3.47. The Morgan fingerprint density at radius 2 is 1.74 bits per heavy atom. The van der Waals surface area contributed by atoms with Gasteiger partial charge in [0.1, 0.15) is 11.5 Å². The highest BCUT2D eigenvalue weighted by molar-refractivity contribution is 5.78. The summed E-state index contributed by atoms with van der Waals surface area (Å²) in [6.45, 7) is 4.11. The van der Waals surface area contributed by atoms with Crippen LogP contribution in [-0.2, 0) is 11.3 Å². The maximum atomic E-state index is 12.6. The minimum Gasteiger partial charge on any atom is -0.506 e. The Morgan fingerprint density at radius 1 is 1.07 bits per heavy atom. The molecule has 2 aromatic rings. The van der Waals surface area contributed by atoms with Crippen molar-refractivity contribution < 1.29 is 14.6 Å². The number of piperazine rings is 1. The maximum absolute atomic E-state index is 12.6. The molecule has 0 atom stereocenters. The minimum atomic E-state index is 0.0944. The first-order valence-electron chi connectivity index (χ1n) is 9.19. The van der Waals surface area contributed by atoms with Crippen molar-refractivity contribution in [3.63, 3.8) is 0 Å². The van der Waals surface area contributed by atoms with E-state index in [1.165, 1.54) is 0 Å². The van der Waals surface area contributed by atoms with Crippen molar-refractivity contribution >= 4 is 11.6 Å². The van der Waals surface area contributed by atoms with E-state index in [4.69, 9.17) is 4.74 Å². The van der Waals surface area contributed by atoms with E-state index in [2.05, 4.69) is 9.80 Å². The lowest BCUT2D eigenvalue weighted by molar-refractivity contribution is -0.131. The van der Waals surface area contributed by atoms with Crippen LogP contribution in [0.3, 0.4) is 0 Å². The van der Waals surface area contributed by atoms with Gasteiger partial charge in [0.15, 0.2) is 0 Å². The number of carbonyl (C=O) groups is 1. The first-order valence-corrected chi connectivity index (χ1v) is 9.19. The Balaban J connectivity index is 1.51. The van der Waals surface area contributed by atoms with Crippen molar-refractivity contribution in [1.29, 1.82) is 0 Å². The van der Waals surface area contributed by atoms with Gasteiger partial charge in [0.2, 0.25) is 5.91 Å². The Labute approximate surface area is 160 Å². The number of rotatable bonds is 6. The molecule has 1 aliphatic rings. The number of carbonyl (C=O) groups excluding carboxylic acids is 1. The monoisotopic (exact) mass is 369 g/mol. The van der Waals surface area contributed by atoms with Gasteiger partial charge in [-0.25, -0.2) is 0 Å². The third kappa shape index (κ3) is 4.71. The highest BCUT2D eigenvalue weighted by Crippen LogP contribution is 2.27. The van der Waals surface area contributed by atoms with E-state index in [1.807, 2.05) is 49.5 Å². The fourth-order valence-corrected chi connectivity index (χ4v) is 3.37. The third-order valence-corrected chi connectivity index (χ3v) is 4.98. The van der Waals surface area contributed by atoms with Crippen LogP contribution in [0.2, 0.25) is 0 Å². The first kappa shape index (κ1) is 19.0. The van der Waals surface area contributed by atoms with Crippen molar-refractivity contribution in [2.75, 3.05) is 51.8 Å². The molecule has 27 heavy (non-hydrogen) atoms. The molecule has 1 fully saturated rings. The van der Waals surface area contributed by atoms with E-state index in [1.54, 1.807) is 18.1 Å². The molecule has 1 saturated heterocycles. The number of methoxy groups -OCH3 is 1. The zero-order valence-corrected chi connectivity index (χ0v) is 16.0. The molecule has 2 aromatic carbocycles. The molecule has 0 radical (unpaired) electrons. The number of hydrogen-bond acceptors (Lipinski definition) is 5. The number of ether oxygens (including phenoxy) is 1. The van der Waals surface area contributed by atoms with Crippen LogP contribution in [0.15, 0.2) is 48.5 Å². The number of hydrogen-bond donors (Lipinski definition) is 1. The van der Waals surface area contributed by atoms with Gasteiger partial charge < -0.3 is 19.6 Å². The zero-order valence-electron chi connectivity index (χ0n) is 16.0. The zero-order chi connectivity index (χ0) is 19.2. The summed E-state index contributed by atoms with van der Waals surface area (Å²) in [4.78, 5) is 18.7. The average molecular weight is 369 g/mol. The molecular formula is C21H27N3O3. The standard InChI is InChI=1S/C21H27N3O3/c1-22(15-17-7-3-6-10-20(17)27-2)21(26)16-23-11-13-24(14-12-23)18-8-4-5-9-19(18)25/h3-10,25H,11-16H2,1-2H3. The molecular weight excluding hydrogens is 342 g/mol. The largest absolute Gasteiger partial charge is 0.506 e. The molecule has 1 heterocycles. The van der Waals surface area contributed by atoms with Gasteiger partial charge in [0.05, 0.1) is 19.3 Å². The summed E-state index contributed by atoms with van der Waals surface area (Å²) in [6.07, 6.45) is 0. The number of phenolic OH excluding ortho intramolecular Hbond substituents is 1. The van der Waals surface area contributed by atoms with Crippen LogP contribution in [0.4, 0.5) is 5.69 Å². The molecule has 1 amide bonds. The maximum Gasteiger partial charge on any atom is 0.236 e. The number of amides is 1. The summed E-state index contributed by atoms with van der Waals surface area (Å²) in [5.74, 6) is 1.20. The highest BCUT2D eigenvalue weighted by Gasteiger charge is 2.22. The second kappa shape index (κ2) is 8.77. The van der Waals surface area contributed by atoms with Gasteiger partial charge in [-0.2, -0.15) is 0 Å². The molecule has 6 heteroatoms. The highest BCUT2D eigenvalue weighted by atomic mass is 16.5. The normalized spacial score (nSPS) is 14.8. The van der Waals surface area contributed by atoms with E-state index >= 15 is 0 Å². The second-order valence-corrected chi connectivity index (χ2v) is 6.81. The summed E-state index contributed by atoms with van der Waals surface area (Å²) in [5, 5.41) is 10.0. The number of nitrogens with zero attached hydrogens (tertiary/aromatic N) is 3. The molecule has 0 saturated carbocycles. The molecule has 3 rings (SSSR count). The van der Waals surface area contributed by atoms with Gasteiger partial charge in [-0.3, -0.25) is 9.69 Å². The van der Waals surface area contributed by atoms with Crippen LogP contribution in [0.25, 0.3) is 0 Å². The van der Waals surface area contributed by atoms with Gasteiger partial charge in [0.25, 0.3) is 0 Å². The molecule has 1 N–H and O–H groups in total. The van der Waals surface area contributed by atoms with E-state index in [-0.39, 0.29) is 5.91 Å². The van der Waals surface area contributed by atoms with Crippen molar-refractivity contribution in [3.8, 4) is 11.5 Å². The van der Waals surface area contributed by atoms with Crippen molar-refractivity contribution in [2.24, 2.45) is 0 Å². The second-order valence-electron chi connectivity index (χ2n) is 6.81. The Hall–Kier alpha value is -2.73. The van der Waals surface area contributed by atoms with Gasteiger partial charge in [-0.15, -0.1) is 0 Å². The van der Waals surface area contributed by atoms with Crippen LogP contribution in [0.1, 0.15) is 5.56 Å². The third-order valence-electron chi connectivity index (χ3n) is 4.98. The van der Waals surface area contributed by atoms with Crippen molar-refractivity contribution in [3.05, 3.63) is 54.1 Å². The number of benzene rings is 2. The van der Waals surface area contributed by atoms with Crippen LogP contribution in [-0.4, -0.2) is 67.7 Å². The molecule has 6 nitrogen and oxygen atoms in total. The topological polar surface area (TPSA) is 56.2 Å². The Kier molecular flexibility index (Phi) is 6.19.